The Bertz CT molecular complexity index is 45.0. The summed E-state index contributed by atoms with van der Waals surface area (Å²) in [4.78, 5) is 0. The Morgan fingerprint density at radius 2 is 1.71 bits per heavy atom. The van der Waals surface area contributed by atoms with E-state index in [9.17, 15) is 0 Å². The number of rotatable bonds is 0. The zero-order chi connectivity index (χ0) is 5.70. The monoisotopic (exact) mass is 144 g/mol. The predicted octanol–water partition coefficient (Wildman–Crippen LogP) is 0.957. The van der Waals surface area contributed by atoms with Gasteiger partial charge in [-0.25, -0.2) is 0 Å². The minimum atomic E-state index is 1.18. The van der Waals surface area contributed by atoms with Crippen molar-refractivity contribution in [3.8, 4) is 0 Å². The van der Waals surface area contributed by atoms with Gasteiger partial charge in [0.05, 0.1) is 0 Å². The third-order valence-corrected chi connectivity index (χ3v) is 0.996. The minimum absolute atomic E-state index is 1.18. The van der Waals surface area contributed by atoms with Crippen LogP contribution in [0.2, 0.25) is 0 Å². The zero-order valence-electron chi connectivity index (χ0n) is 4.03. The van der Waals surface area contributed by atoms with Crippen LogP contribution in [0.25, 0.3) is 0 Å². The fraction of sp³-hybridized carbons (Fsp3) is 0.750. The Labute approximate surface area is 51.6 Å². The van der Waals surface area contributed by atoms with Crippen LogP contribution in [0.3, 0.4) is 0 Å². The molecule has 0 saturated heterocycles. The SMILES string of the molecule is N[C-]1CCC1.[NH]=[Co]. The Morgan fingerprint density at radius 1 is 1.43 bits per heavy atom. The van der Waals surface area contributed by atoms with E-state index in [-0.39, 0.29) is 0 Å². The average molecular weight is 144 g/mol. The summed E-state index contributed by atoms with van der Waals surface area (Å²) in [5.74, 6) is 0. The van der Waals surface area contributed by atoms with Crippen LogP contribution in [0.5, 0.6) is 0 Å². The first-order valence-corrected chi connectivity index (χ1v) is 2.68. The van der Waals surface area contributed by atoms with Gasteiger partial charge in [0.2, 0.25) is 0 Å². The van der Waals surface area contributed by atoms with E-state index in [4.69, 9.17) is 10.1 Å². The van der Waals surface area contributed by atoms with Crippen molar-refractivity contribution >= 4 is 0 Å². The van der Waals surface area contributed by atoms with Gasteiger partial charge in [-0.15, -0.1) is 6.42 Å². The molecule has 1 aliphatic carbocycles. The Kier molecular flexibility index (Phi) is 4.59. The molecule has 0 radical (unpaired) electrons. The van der Waals surface area contributed by atoms with Crippen molar-refractivity contribution in [1.82, 2.24) is 0 Å². The second kappa shape index (κ2) is 4.43. The van der Waals surface area contributed by atoms with Crippen LogP contribution in [0, 0.1) is 10.5 Å². The fourth-order valence-corrected chi connectivity index (χ4v) is 0.381. The molecule has 2 nitrogen and oxygen atoms in total. The van der Waals surface area contributed by atoms with Crippen LogP contribution >= 0.6 is 0 Å². The van der Waals surface area contributed by atoms with E-state index in [1.807, 2.05) is 0 Å². The Morgan fingerprint density at radius 3 is 1.71 bits per heavy atom. The summed E-state index contributed by atoms with van der Waals surface area (Å²) in [5.41, 5.74) is 5.30. The van der Waals surface area contributed by atoms with Gasteiger partial charge in [-0.05, 0) is 0 Å². The van der Waals surface area contributed by atoms with Crippen molar-refractivity contribution in [2.45, 2.75) is 19.3 Å². The van der Waals surface area contributed by atoms with E-state index in [0.29, 0.717) is 0 Å². The van der Waals surface area contributed by atoms with E-state index in [2.05, 4.69) is 15.5 Å². The maximum absolute atomic E-state index is 5.44. The van der Waals surface area contributed by atoms with Gasteiger partial charge in [0, 0.05) is 0 Å². The van der Waals surface area contributed by atoms with Crippen LogP contribution in [0.4, 0.5) is 0 Å². The summed E-state index contributed by atoms with van der Waals surface area (Å²) >= 11 is 2.81. The molecule has 1 fully saturated rings. The second-order valence-corrected chi connectivity index (χ2v) is 1.51. The van der Waals surface area contributed by atoms with Gasteiger partial charge < -0.3 is 5.73 Å². The summed E-state index contributed by atoms with van der Waals surface area (Å²) in [6.45, 7) is 0. The van der Waals surface area contributed by atoms with Gasteiger partial charge in [-0.2, -0.15) is 12.8 Å². The summed E-state index contributed by atoms with van der Waals surface area (Å²) < 4.78 is 5.44. The molecule has 0 aromatic heterocycles. The van der Waals surface area contributed by atoms with Crippen LogP contribution in [0.1, 0.15) is 19.3 Å². The molecule has 0 aromatic carbocycles. The Balaban J connectivity index is 0.000000162. The topological polar surface area (TPSA) is 49.9 Å². The first-order chi connectivity index (χ1) is 3.39. The second-order valence-electron chi connectivity index (χ2n) is 1.51. The standard InChI is InChI=1S/C4H8N.Co.HN/c5-4-2-1-3-4;;/h1-3,5H2;;1H/q-1;;. The van der Waals surface area contributed by atoms with E-state index in [1.54, 1.807) is 0 Å². The number of hydrogen-bond donors (Lipinski definition) is 2. The fourth-order valence-electron chi connectivity index (χ4n) is 0.381. The van der Waals surface area contributed by atoms with Crippen molar-refractivity contribution in [2.75, 3.05) is 0 Å². The van der Waals surface area contributed by atoms with Gasteiger partial charge in [0.25, 0.3) is 0 Å². The third kappa shape index (κ3) is 2.90. The molecule has 45 valence electrons. The zero-order valence-corrected chi connectivity index (χ0v) is 5.07. The molecule has 1 saturated carbocycles. The molecule has 0 amide bonds. The van der Waals surface area contributed by atoms with Crippen LogP contribution < -0.4 is 5.73 Å². The van der Waals surface area contributed by atoms with Crippen molar-refractivity contribution in [3.05, 3.63) is 6.04 Å². The van der Waals surface area contributed by atoms with Crippen molar-refractivity contribution < 1.29 is 15.5 Å². The summed E-state index contributed by atoms with van der Waals surface area (Å²) in [7, 11) is 0. The van der Waals surface area contributed by atoms with Crippen LogP contribution in [-0.2, 0) is 15.5 Å². The van der Waals surface area contributed by atoms with Gasteiger partial charge >= 0.3 is 20.0 Å². The van der Waals surface area contributed by atoms with Crippen LogP contribution in [0.15, 0.2) is 0 Å². The maximum atomic E-state index is 5.44. The molecule has 0 bridgehead atoms. The summed E-state index contributed by atoms with van der Waals surface area (Å²) in [6, 6.07) is 1.19. The number of nitrogens with one attached hydrogen (secondary N) is 1. The van der Waals surface area contributed by atoms with Crippen molar-refractivity contribution in [1.29, 1.82) is 4.41 Å². The van der Waals surface area contributed by atoms with Crippen molar-refractivity contribution in [3.63, 3.8) is 0 Å². The van der Waals surface area contributed by atoms with Crippen LogP contribution in [-0.4, -0.2) is 0 Å². The van der Waals surface area contributed by atoms with E-state index < -0.39 is 0 Å². The summed E-state index contributed by atoms with van der Waals surface area (Å²) in [5, 5.41) is 0. The number of hydrogen-bond acceptors (Lipinski definition) is 2. The molecule has 0 spiro atoms. The normalized spacial score (nSPS) is 19.1. The van der Waals surface area contributed by atoms with E-state index >= 15 is 0 Å². The van der Waals surface area contributed by atoms with Gasteiger partial charge in [0.15, 0.2) is 0 Å². The van der Waals surface area contributed by atoms with E-state index in [0.717, 1.165) is 0 Å². The molecular weight excluding hydrogens is 135 g/mol. The van der Waals surface area contributed by atoms with Gasteiger partial charge in [-0.1, -0.05) is 0 Å². The Hall–Kier alpha value is 0.266. The van der Waals surface area contributed by atoms with Gasteiger partial charge in [-0.3, -0.25) is 6.04 Å². The average Bonchev–Trinajstić information content (AvgIpc) is 1.68. The molecule has 0 aromatic rings. The molecule has 0 aliphatic heterocycles. The molecule has 7 heavy (non-hydrogen) atoms. The van der Waals surface area contributed by atoms with Gasteiger partial charge in [0.1, 0.15) is 0 Å². The first kappa shape index (κ1) is 7.27. The first-order valence-electron chi connectivity index (χ1n) is 2.16. The van der Waals surface area contributed by atoms with E-state index in [1.165, 1.54) is 25.3 Å². The molecule has 3 N–H and O–H groups in total. The molecule has 0 heterocycles. The molecule has 1 aliphatic rings. The molecule has 0 atom stereocenters. The molecular formula is C4H9CoN2-. The molecule has 0 unspecified atom stereocenters. The number of nitrogens with two attached hydrogens (primary N) is 1. The quantitative estimate of drug-likeness (QED) is 0.488. The molecule has 1 rings (SSSR count). The molecule has 3 heteroatoms. The van der Waals surface area contributed by atoms with Crippen molar-refractivity contribution in [2.24, 2.45) is 5.73 Å². The summed E-state index contributed by atoms with van der Waals surface area (Å²) in [6.07, 6.45) is 3.69. The predicted molar refractivity (Wildman–Crippen MR) is 24.0 cm³/mol. The third-order valence-electron chi connectivity index (χ3n) is 0.996.